The van der Waals surface area contributed by atoms with Crippen LogP contribution in [0, 0.1) is 11.3 Å². The van der Waals surface area contributed by atoms with Crippen molar-refractivity contribution in [3.05, 3.63) is 83.2 Å². The smallest absolute Gasteiger partial charge is 0.243 e. The van der Waals surface area contributed by atoms with Gasteiger partial charge in [-0.05, 0) is 29.1 Å². The minimum atomic E-state index is -0.387. The minimum Gasteiger partial charge on any atom is -0.315 e. The lowest BCUT2D eigenvalue weighted by molar-refractivity contribution is -0.115. The molecule has 1 N–H and O–H groups in total. The predicted octanol–water partition coefficient (Wildman–Crippen LogP) is 5.09. The van der Waals surface area contributed by atoms with Crippen LogP contribution in [0.4, 0.5) is 5.00 Å². The first kappa shape index (κ1) is 16.3. The van der Waals surface area contributed by atoms with Gasteiger partial charge in [-0.2, -0.15) is 5.26 Å². The molecule has 1 amide bonds. The Balaban J connectivity index is 1.87. The van der Waals surface area contributed by atoms with Gasteiger partial charge in [-0.1, -0.05) is 48.5 Å². The average molecular weight is 350 g/mol. The molecule has 5 heteroatoms. The molecule has 24 heavy (non-hydrogen) atoms. The molecule has 0 spiro atoms. The first-order valence-electron chi connectivity index (χ1n) is 7.33. The zero-order chi connectivity index (χ0) is 16.8. The molecule has 0 radical (unpaired) electrons. The highest BCUT2D eigenvalue weighted by atomic mass is 32.2. The molecular formula is C19H14N2OS2. The van der Waals surface area contributed by atoms with Crippen molar-refractivity contribution >= 4 is 34.0 Å². The monoisotopic (exact) mass is 350 g/mol. The number of rotatable bonds is 5. The Hall–Kier alpha value is -2.55. The van der Waals surface area contributed by atoms with Gasteiger partial charge in [0.1, 0.15) is 16.3 Å². The number of anilines is 1. The van der Waals surface area contributed by atoms with Gasteiger partial charge in [0.2, 0.25) is 5.91 Å². The van der Waals surface area contributed by atoms with Crippen LogP contribution in [0.2, 0.25) is 0 Å². The molecule has 2 aromatic carbocycles. The average Bonchev–Trinajstić information content (AvgIpc) is 3.08. The summed E-state index contributed by atoms with van der Waals surface area (Å²) in [7, 11) is 0. The van der Waals surface area contributed by atoms with Crippen LogP contribution in [0.5, 0.6) is 0 Å². The van der Waals surface area contributed by atoms with Crippen molar-refractivity contribution in [1.82, 2.24) is 0 Å². The van der Waals surface area contributed by atoms with Gasteiger partial charge in [-0.15, -0.1) is 23.1 Å². The van der Waals surface area contributed by atoms with Crippen molar-refractivity contribution in [2.24, 2.45) is 0 Å². The molecule has 0 bridgehead atoms. The summed E-state index contributed by atoms with van der Waals surface area (Å²) in [5.74, 6) is -0.131. The van der Waals surface area contributed by atoms with Crippen LogP contribution in [0.1, 0.15) is 16.4 Å². The number of carbonyl (C=O) groups is 1. The van der Waals surface area contributed by atoms with Gasteiger partial charge >= 0.3 is 0 Å². The van der Waals surface area contributed by atoms with Crippen molar-refractivity contribution in [3.8, 4) is 6.07 Å². The molecule has 3 rings (SSSR count). The Morgan fingerprint density at radius 2 is 1.71 bits per heavy atom. The second kappa shape index (κ2) is 7.82. The highest BCUT2D eigenvalue weighted by molar-refractivity contribution is 8.00. The summed E-state index contributed by atoms with van der Waals surface area (Å²) in [6, 6.07) is 23.3. The van der Waals surface area contributed by atoms with Crippen LogP contribution < -0.4 is 5.32 Å². The molecule has 0 aliphatic heterocycles. The third-order valence-corrected chi connectivity index (χ3v) is 5.46. The first-order chi connectivity index (χ1) is 11.8. The summed E-state index contributed by atoms with van der Waals surface area (Å²) in [6.45, 7) is 0. The number of nitrogens with zero attached hydrogens (tertiary/aromatic N) is 1. The first-order valence-corrected chi connectivity index (χ1v) is 9.09. The number of benzene rings is 2. The molecule has 3 aromatic rings. The molecule has 118 valence electrons. The van der Waals surface area contributed by atoms with Crippen LogP contribution in [0.3, 0.4) is 0 Å². The molecule has 0 saturated carbocycles. The van der Waals surface area contributed by atoms with E-state index in [0.29, 0.717) is 10.6 Å². The SMILES string of the molecule is N#Cc1ccsc1NC(=O)C(Sc1ccccc1)c1ccccc1. The quantitative estimate of drug-likeness (QED) is 0.652. The number of amides is 1. The van der Waals surface area contributed by atoms with Gasteiger partial charge in [0.25, 0.3) is 0 Å². The second-order valence-electron chi connectivity index (χ2n) is 4.99. The fourth-order valence-electron chi connectivity index (χ4n) is 2.21. The van der Waals surface area contributed by atoms with E-state index in [1.807, 2.05) is 60.7 Å². The van der Waals surface area contributed by atoms with E-state index in [1.165, 1.54) is 23.1 Å². The third-order valence-electron chi connectivity index (χ3n) is 3.36. The molecule has 1 aromatic heterocycles. The maximum Gasteiger partial charge on any atom is 0.243 e. The van der Waals surface area contributed by atoms with Crippen molar-refractivity contribution in [3.63, 3.8) is 0 Å². The number of hydrogen-bond acceptors (Lipinski definition) is 4. The van der Waals surface area contributed by atoms with Crippen molar-refractivity contribution in [1.29, 1.82) is 5.26 Å². The summed E-state index contributed by atoms with van der Waals surface area (Å²) in [5, 5.41) is 14.0. The number of thioether (sulfide) groups is 1. The molecular weight excluding hydrogens is 336 g/mol. The van der Waals surface area contributed by atoms with E-state index in [2.05, 4.69) is 11.4 Å². The van der Waals surface area contributed by atoms with Crippen molar-refractivity contribution < 1.29 is 4.79 Å². The van der Waals surface area contributed by atoms with Gasteiger partial charge in [0, 0.05) is 4.90 Å². The van der Waals surface area contributed by atoms with Crippen LogP contribution in [-0.2, 0) is 4.79 Å². The summed E-state index contributed by atoms with van der Waals surface area (Å²) in [5.41, 5.74) is 1.42. The number of nitrogens with one attached hydrogen (secondary N) is 1. The molecule has 0 aliphatic carbocycles. The van der Waals surface area contributed by atoms with Gasteiger partial charge in [-0.3, -0.25) is 4.79 Å². The van der Waals surface area contributed by atoms with E-state index in [0.717, 1.165) is 10.5 Å². The van der Waals surface area contributed by atoms with Gasteiger partial charge in [0.15, 0.2) is 0 Å². The van der Waals surface area contributed by atoms with Crippen molar-refractivity contribution in [2.75, 3.05) is 5.32 Å². The Bertz CT molecular complexity index is 854. The molecule has 1 heterocycles. The lowest BCUT2D eigenvalue weighted by atomic mass is 10.1. The van der Waals surface area contributed by atoms with E-state index in [1.54, 1.807) is 11.4 Å². The Morgan fingerprint density at radius 3 is 2.38 bits per heavy atom. The highest BCUT2D eigenvalue weighted by Gasteiger charge is 2.23. The summed E-state index contributed by atoms with van der Waals surface area (Å²) in [6.07, 6.45) is 0. The largest absolute Gasteiger partial charge is 0.315 e. The van der Waals surface area contributed by atoms with E-state index in [9.17, 15) is 4.79 Å². The third kappa shape index (κ3) is 3.85. The number of carbonyl (C=O) groups excluding carboxylic acids is 1. The van der Waals surface area contributed by atoms with Crippen LogP contribution in [-0.4, -0.2) is 5.91 Å². The van der Waals surface area contributed by atoms with Gasteiger partial charge in [-0.25, -0.2) is 0 Å². The molecule has 3 nitrogen and oxygen atoms in total. The lowest BCUT2D eigenvalue weighted by Crippen LogP contribution is -2.18. The fraction of sp³-hybridized carbons (Fsp3) is 0.0526. The molecule has 1 atom stereocenters. The van der Waals surface area contributed by atoms with Crippen molar-refractivity contribution in [2.45, 2.75) is 10.1 Å². The topological polar surface area (TPSA) is 52.9 Å². The fourth-order valence-corrected chi connectivity index (χ4v) is 3.99. The summed E-state index contributed by atoms with van der Waals surface area (Å²) < 4.78 is 0. The highest BCUT2D eigenvalue weighted by Crippen LogP contribution is 2.36. The minimum absolute atomic E-state index is 0.131. The molecule has 0 aliphatic rings. The number of hydrogen-bond donors (Lipinski definition) is 1. The number of nitriles is 1. The van der Waals surface area contributed by atoms with Gasteiger partial charge in [0.05, 0.1) is 5.56 Å². The lowest BCUT2D eigenvalue weighted by Gasteiger charge is -2.16. The van der Waals surface area contributed by atoms with Crippen LogP contribution in [0.25, 0.3) is 0 Å². The molecule has 0 saturated heterocycles. The summed E-state index contributed by atoms with van der Waals surface area (Å²) in [4.78, 5) is 13.9. The molecule has 1 unspecified atom stereocenters. The standard InChI is InChI=1S/C19H14N2OS2/c20-13-15-11-12-23-19(15)21-18(22)17(14-7-3-1-4-8-14)24-16-9-5-2-6-10-16/h1-12,17H,(H,21,22). The van der Waals surface area contributed by atoms with E-state index in [4.69, 9.17) is 5.26 Å². The maximum absolute atomic E-state index is 12.8. The Kier molecular flexibility index (Phi) is 5.32. The number of thiophene rings is 1. The zero-order valence-corrected chi connectivity index (χ0v) is 14.3. The van der Waals surface area contributed by atoms with E-state index in [-0.39, 0.29) is 11.2 Å². The van der Waals surface area contributed by atoms with E-state index < -0.39 is 0 Å². The van der Waals surface area contributed by atoms with Crippen LogP contribution in [0.15, 0.2) is 77.0 Å². The Labute approximate surface area is 149 Å². The normalized spacial score (nSPS) is 11.5. The molecule has 0 fully saturated rings. The predicted molar refractivity (Wildman–Crippen MR) is 99.1 cm³/mol. The Morgan fingerprint density at radius 1 is 1.04 bits per heavy atom. The second-order valence-corrected chi connectivity index (χ2v) is 7.08. The van der Waals surface area contributed by atoms with Crippen LogP contribution >= 0.6 is 23.1 Å². The maximum atomic E-state index is 12.8. The van der Waals surface area contributed by atoms with E-state index >= 15 is 0 Å². The van der Waals surface area contributed by atoms with Gasteiger partial charge < -0.3 is 5.32 Å². The zero-order valence-electron chi connectivity index (χ0n) is 12.7. The summed E-state index contributed by atoms with van der Waals surface area (Å²) >= 11 is 2.85.